The Hall–Kier alpha value is -2.24. The van der Waals surface area contributed by atoms with Crippen LogP contribution in [0.15, 0.2) is 12.1 Å². The minimum Gasteiger partial charge on any atom is -0.505 e. The van der Waals surface area contributed by atoms with Gasteiger partial charge < -0.3 is 20.9 Å². The van der Waals surface area contributed by atoms with Gasteiger partial charge >= 0.3 is 0 Å². The van der Waals surface area contributed by atoms with Crippen molar-refractivity contribution in [2.24, 2.45) is 5.73 Å². The molecule has 0 atom stereocenters. The summed E-state index contributed by atoms with van der Waals surface area (Å²) in [7, 11) is 1.37. The van der Waals surface area contributed by atoms with Crippen molar-refractivity contribution in [3.05, 3.63) is 17.7 Å². The molecule has 2 amide bonds. The van der Waals surface area contributed by atoms with Gasteiger partial charge in [0.1, 0.15) is 11.3 Å². The van der Waals surface area contributed by atoms with E-state index in [-0.39, 0.29) is 28.7 Å². The number of benzene rings is 1. The van der Waals surface area contributed by atoms with Gasteiger partial charge in [-0.25, -0.2) is 0 Å². The first-order valence-corrected chi connectivity index (χ1v) is 7.00. The Kier molecular flexibility index (Phi) is 6.52. The van der Waals surface area contributed by atoms with Crippen molar-refractivity contribution in [1.82, 2.24) is 0 Å². The molecule has 4 N–H and O–H groups in total. The maximum Gasteiger partial charge on any atom is 0.256 e. The molecule has 0 unspecified atom stereocenters. The van der Waals surface area contributed by atoms with Gasteiger partial charge in [0.15, 0.2) is 5.75 Å². The predicted molar refractivity (Wildman–Crippen MR) is 80.6 cm³/mol. The highest BCUT2D eigenvalue weighted by Crippen LogP contribution is 2.34. The van der Waals surface area contributed by atoms with Crippen molar-refractivity contribution < 1.29 is 19.4 Å². The zero-order valence-electron chi connectivity index (χ0n) is 12.4. The van der Waals surface area contributed by atoms with E-state index in [1.165, 1.54) is 19.2 Å². The van der Waals surface area contributed by atoms with Crippen molar-refractivity contribution >= 4 is 17.5 Å². The van der Waals surface area contributed by atoms with Crippen LogP contribution in [0.5, 0.6) is 11.5 Å². The van der Waals surface area contributed by atoms with E-state index in [0.717, 1.165) is 25.7 Å². The Morgan fingerprint density at radius 3 is 2.57 bits per heavy atom. The highest BCUT2D eigenvalue weighted by Gasteiger charge is 2.19. The van der Waals surface area contributed by atoms with Gasteiger partial charge in [0.25, 0.3) is 5.91 Å². The van der Waals surface area contributed by atoms with Crippen molar-refractivity contribution in [3.8, 4) is 11.5 Å². The third-order valence-electron chi connectivity index (χ3n) is 3.14. The Bertz CT molecular complexity index is 515. The van der Waals surface area contributed by atoms with Crippen LogP contribution in [0.4, 0.5) is 5.69 Å². The molecule has 0 radical (unpaired) electrons. The predicted octanol–water partition coefficient (Wildman–Crippen LogP) is 2.41. The zero-order valence-corrected chi connectivity index (χ0v) is 12.4. The number of aromatic hydroxyl groups is 1. The quantitative estimate of drug-likeness (QED) is 0.506. The van der Waals surface area contributed by atoms with Crippen molar-refractivity contribution in [3.63, 3.8) is 0 Å². The minimum atomic E-state index is -0.816. The molecule has 6 nitrogen and oxygen atoms in total. The lowest BCUT2D eigenvalue weighted by atomic mass is 10.1. The van der Waals surface area contributed by atoms with E-state index in [1.54, 1.807) is 0 Å². The number of primary amides is 1. The Labute approximate surface area is 124 Å². The first kappa shape index (κ1) is 16.8. The fraction of sp³-hybridized carbons (Fsp3) is 0.467. The molecule has 0 aliphatic carbocycles. The van der Waals surface area contributed by atoms with Gasteiger partial charge in [-0.3, -0.25) is 9.59 Å². The number of hydrogen-bond acceptors (Lipinski definition) is 4. The van der Waals surface area contributed by atoms with Crippen molar-refractivity contribution in [2.45, 2.75) is 39.0 Å². The average molecular weight is 294 g/mol. The summed E-state index contributed by atoms with van der Waals surface area (Å²) in [6, 6.07) is 2.96. The maximum absolute atomic E-state index is 11.8. The number of unbranched alkanes of at least 4 members (excludes halogenated alkanes) is 3. The first-order chi connectivity index (χ1) is 10.0. The molecule has 0 spiro atoms. The van der Waals surface area contributed by atoms with E-state index >= 15 is 0 Å². The van der Waals surface area contributed by atoms with Crippen molar-refractivity contribution in [2.75, 3.05) is 12.4 Å². The molecule has 116 valence electrons. The number of anilines is 1. The van der Waals surface area contributed by atoms with Gasteiger partial charge in [0.05, 0.1) is 12.8 Å². The molecule has 0 heterocycles. The van der Waals surface area contributed by atoms with Crippen LogP contribution in [0.25, 0.3) is 0 Å². The lowest BCUT2D eigenvalue weighted by Crippen LogP contribution is -2.15. The molecule has 0 aliphatic heterocycles. The molecule has 21 heavy (non-hydrogen) atoms. The number of nitrogens with two attached hydrogens (primary N) is 1. The molecule has 0 aromatic heterocycles. The second-order valence-corrected chi connectivity index (χ2v) is 4.76. The lowest BCUT2D eigenvalue weighted by molar-refractivity contribution is -0.116. The van der Waals surface area contributed by atoms with Gasteiger partial charge in [-0.15, -0.1) is 0 Å². The van der Waals surface area contributed by atoms with Crippen LogP contribution >= 0.6 is 0 Å². The first-order valence-electron chi connectivity index (χ1n) is 7.00. The SMILES string of the molecule is CCCCCCC(=O)Nc1ccc(OC)c(C(N)=O)c1O. The van der Waals surface area contributed by atoms with Crippen LogP contribution in [-0.4, -0.2) is 24.0 Å². The molecule has 0 fully saturated rings. The van der Waals surface area contributed by atoms with Crippen LogP contribution in [0.2, 0.25) is 0 Å². The maximum atomic E-state index is 11.8. The van der Waals surface area contributed by atoms with Crippen LogP contribution in [0.1, 0.15) is 49.4 Å². The van der Waals surface area contributed by atoms with Gasteiger partial charge in [-0.2, -0.15) is 0 Å². The number of nitrogens with one attached hydrogen (secondary N) is 1. The zero-order chi connectivity index (χ0) is 15.8. The Morgan fingerprint density at radius 2 is 2.00 bits per heavy atom. The van der Waals surface area contributed by atoms with Gasteiger partial charge in [-0.1, -0.05) is 26.2 Å². The van der Waals surface area contributed by atoms with Gasteiger partial charge in [-0.05, 0) is 18.6 Å². The number of amides is 2. The summed E-state index contributed by atoms with van der Waals surface area (Å²) in [6.07, 6.45) is 4.34. The molecule has 1 rings (SSSR count). The number of carbonyl (C=O) groups is 2. The summed E-state index contributed by atoms with van der Waals surface area (Å²) < 4.78 is 4.97. The molecule has 0 bridgehead atoms. The molecule has 1 aromatic carbocycles. The standard InChI is InChI=1S/C15H22N2O4/c1-3-4-5-6-7-12(18)17-10-8-9-11(21-2)13(14(10)19)15(16)20/h8-9,19H,3-7H2,1-2H3,(H2,16,20)(H,17,18). The fourth-order valence-corrected chi connectivity index (χ4v) is 2.01. The van der Waals surface area contributed by atoms with Crippen molar-refractivity contribution in [1.29, 1.82) is 0 Å². The second-order valence-electron chi connectivity index (χ2n) is 4.76. The van der Waals surface area contributed by atoms with Crippen LogP contribution in [0.3, 0.4) is 0 Å². The number of rotatable bonds is 8. The molecule has 0 saturated heterocycles. The van der Waals surface area contributed by atoms with Gasteiger partial charge in [0, 0.05) is 6.42 Å². The highest BCUT2D eigenvalue weighted by atomic mass is 16.5. The summed E-state index contributed by atoms with van der Waals surface area (Å²) in [6.45, 7) is 2.10. The van der Waals surface area contributed by atoms with Crippen LogP contribution in [-0.2, 0) is 4.79 Å². The van der Waals surface area contributed by atoms with E-state index < -0.39 is 5.91 Å². The summed E-state index contributed by atoms with van der Waals surface area (Å²) in [5, 5.41) is 12.6. The molecule has 0 saturated carbocycles. The summed E-state index contributed by atoms with van der Waals surface area (Å²) in [5.74, 6) is -1.23. The highest BCUT2D eigenvalue weighted by molar-refractivity contribution is 6.02. The number of carbonyl (C=O) groups excluding carboxylic acids is 2. The molecule has 6 heteroatoms. The number of hydrogen-bond donors (Lipinski definition) is 3. The topological polar surface area (TPSA) is 102 Å². The second kappa shape index (κ2) is 8.14. The lowest BCUT2D eigenvalue weighted by Gasteiger charge is -2.12. The van der Waals surface area contributed by atoms with Crippen LogP contribution < -0.4 is 15.8 Å². The van der Waals surface area contributed by atoms with E-state index in [2.05, 4.69) is 12.2 Å². The summed E-state index contributed by atoms with van der Waals surface area (Å²) >= 11 is 0. The smallest absolute Gasteiger partial charge is 0.256 e. The molecule has 0 aliphatic rings. The van der Waals surface area contributed by atoms with Gasteiger partial charge in [0.2, 0.25) is 5.91 Å². The molecular weight excluding hydrogens is 272 g/mol. The summed E-state index contributed by atoms with van der Waals surface area (Å²) in [4.78, 5) is 23.1. The number of methoxy groups -OCH3 is 1. The Balaban J connectivity index is 2.78. The third kappa shape index (κ3) is 4.66. The number of ether oxygens (including phenoxy) is 1. The minimum absolute atomic E-state index is 0.138. The molecule has 1 aromatic rings. The summed E-state index contributed by atoms with van der Waals surface area (Å²) in [5.41, 5.74) is 5.23. The Morgan fingerprint density at radius 1 is 1.29 bits per heavy atom. The normalized spacial score (nSPS) is 10.2. The van der Waals surface area contributed by atoms with E-state index in [0.29, 0.717) is 6.42 Å². The third-order valence-corrected chi connectivity index (χ3v) is 3.14. The number of phenols is 1. The van der Waals surface area contributed by atoms with E-state index in [4.69, 9.17) is 10.5 Å². The average Bonchev–Trinajstić information content (AvgIpc) is 2.45. The van der Waals surface area contributed by atoms with E-state index in [1.807, 2.05) is 0 Å². The fourth-order valence-electron chi connectivity index (χ4n) is 2.01. The van der Waals surface area contributed by atoms with Crippen LogP contribution in [0, 0.1) is 0 Å². The van der Waals surface area contributed by atoms with E-state index in [9.17, 15) is 14.7 Å². The monoisotopic (exact) mass is 294 g/mol. The molecular formula is C15H22N2O4. The largest absolute Gasteiger partial charge is 0.505 e.